The van der Waals surface area contributed by atoms with Crippen LogP contribution in [0.25, 0.3) is 12.2 Å². The van der Waals surface area contributed by atoms with Crippen LogP contribution in [0.3, 0.4) is 0 Å². The number of aryl methyl sites for hydroxylation is 2. The molecule has 1 saturated heterocycles. The van der Waals surface area contributed by atoms with Crippen LogP contribution in [0.5, 0.6) is 5.75 Å². The van der Waals surface area contributed by atoms with Crippen molar-refractivity contribution >= 4 is 41.2 Å². The number of aromatic nitrogens is 3. The van der Waals surface area contributed by atoms with Gasteiger partial charge in [0.15, 0.2) is 0 Å². The molecule has 4 aromatic rings. The minimum absolute atomic E-state index is 0.217. The summed E-state index contributed by atoms with van der Waals surface area (Å²) < 4.78 is 13.8. The first kappa shape index (κ1) is 31.2. The second kappa shape index (κ2) is 14.5. The van der Waals surface area contributed by atoms with Crippen molar-refractivity contribution in [2.24, 2.45) is 14.1 Å². The molecule has 1 fully saturated rings. The van der Waals surface area contributed by atoms with Crippen LogP contribution >= 0.6 is 0 Å². The van der Waals surface area contributed by atoms with Crippen molar-refractivity contribution < 1.29 is 23.9 Å². The maximum Gasteiger partial charge on any atom is 0.272 e. The second-order valence-corrected chi connectivity index (χ2v) is 10.6. The molecule has 1 aliphatic rings. The first-order valence-corrected chi connectivity index (χ1v) is 14.6. The lowest BCUT2D eigenvalue weighted by molar-refractivity contribution is 0.0383. The molecule has 3 aromatic heterocycles. The molecule has 1 aliphatic heterocycles. The molecular formula is C33H37N7O5. The summed E-state index contributed by atoms with van der Waals surface area (Å²) in [6.45, 7) is 4.40. The fourth-order valence-corrected chi connectivity index (χ4v) is 4.89. The smallest absolute Gasteiger partial charge is 0.272 e. The third-order valence-electron chi connectivity index (χ3n) is 7.42. The highest BCUT2D eigenvalue weighted by Gasteiger charge is 2.18. The largest absolute Gasteiger partial charge is 0.497 e. The summed E-state index contributed by atoms with van der Waals surface area (Å²) in [5.74, 6) is -0.157. The number of ether oxygens (including phenoxy) is 2. The number of nitrogens with one attached hydrogen (secondary N) is 3. The number of methoxy groups -OCH3 is 1. The predicted octanol–water partition coefficient (Wildman–Crippen LogP) is 3.50. The van der Waals surface area contributed by atoms with E-state index >= 15 is 0 Å². The molecule has 45 heavy (non-hydrogen) atoms. The zero-order valence-electron chi connectivity index (χ0n) is 25.6. The van der Waals surface area contributed by atoms with Crippen LogP contribution in [-0.2, 0) is 18.8 Å². The van der Waals surface area contributed by atoms with Crippen LogP contribution in [0.4, 0.5) is 11.4 Å². The molecule has 0 spiro atoms. The Balaban J connectivity index is 1.14. The summed E-state index contributed by atoms with van der Waals surface area (Å²) in [5.41, 5.74) is 3.80. The fourth-order valence-electron chi connectivity index (χ4n) is 4.89. The van der Waals surface area contributed by atoms with E-state index in [1.54, 1.807) is 67.0 Å². The van der Waals surface area contributed by atoms with Gasteiger partial charge in [0.1, 0.15) is 17.1 Å². The maximum atomic E-state index is 13.1. The number of nitrogens with zero attached hydrogens (tertiary/aromatic N) is 4. The molecule has 1 aromatic carbocycles. The number of morpholine rings is 1. The van der Waals surface area contributed by atoms with Crippen molar-refractivity contribution in [1.29, 1.82) is 0 Å². The number of carbonyl (C=O) groups is 3. The monoisotopic (exact) mass is 611 g/mol. The van der Waals surface area contributed by atoms with E-state index in [9.17, 15) is 14.4 Å². The van der Waals surface area contributed by atoms with Crippen LogP contribution < -0.4 is 20.7 Å². The Hall–Kier alpha value is -5.20. The molecule has 3 amide bonds. The molecule has 0 atom stereocenters. The van der Waals surface area contributed by atoms with Gasteiger partial charge in [-0.05, 0) is 48.0 Å². The Kier molecular flexibility index (Phi) is 10.1. The first-order valence-electron chi connectivity index (χ1n) is 14.6. The zero-order valence-corrected chi connectivity index (χ0v) is 25.6. The molecule has 0 aliphatic carbocycles. The van der Waals surface area contributed by atoms with Crippen molar-refractivity contribution in [3.8, 4) is 5.75 Å². The van der Waals surface area contributed by atoms with E-state index in [0.29, 0.717) is 53.8 Å². The number of carbonyl (C=O) groups excluding carboxylic acids is 3. The number of anilines is 2. The predicted molar refractivity (Wildman–Crippen MR) is 172 cm³/mol. The van der Waals surface area contributed by atoms with Crippen LogP contribution in [0, 0.1) is 0 Å². The SMILES string of the molecule is COc1ccc(/C=C/c2ccc(C(=O)Nc3cc(C(=O)Nc4cc(C(=O)NCCN5CCOCC5)n(C)c4)n(C)c3)cn2)cc1. The maximum absolute atomic E-state index is 13.1. The number of pyridine rings is 1. The van der Waals surface area contributed by atoms with Crippen molar-refractivity contribution in [3.63, 3.8) is 0 Å². The Labute approximate surface area is 261 Å². The normalized spacial score (nSPS) is 13.5. The van der Waals surface area contributed by atoms with Crippen LogP contribution in [-0.4, -0.2) is 83.2 Å². The minimum Gasteiger partial charge on any atom is -0.497 e. The second-order valence-electron chi connectivity index (χ2n) is 10.6. The number of benzene rings is 1. The lowest BCUT2D eigenvalue weighted by Crippen LogP contribution is -2.41. The Morgan fingerprint density at radius 3 is 2.13 bits per heavy atom. The number of rotatable bonds is 11. The number of hydrogen-bond acceptors (Lipinski definition) is 7. The van der Waals surface area contributed by atoms with Crippen LogP contribution in [0.2, 0.25) is 0 Å². The molecule has 0 saturated carbocycles. The first-order chi connectivity index (χ1) is 21.8. The summed E-state index contributed by atoms with van der Waals surface area (Å²) in [5, 5.41) is 8.60. The van der Waals surface area contributed by atoms with E-state index in [-0.39, 0.29) is 17.7 Å². The average Bonchev–Trinajstić information content (AvgIpc) is 3.61. The number of amides is 3. The molecule has 0 bridgehead atoms. The van der Waals surface area contributed by atoms with Gasteiger partial charge in [-0.1, -0.05) is 18.2 Å². The molecule has 12 heteroatoms. The van der Waals surface area contributed by atoms with Gasteiger partial charge < -0.3 is 34.6 Å². The zero-order chi connectivity index (χ0) is 31.8. The Morgan fingerprint density at radius 2 is 1.51 bits per heavy atom. The highest BCUT2D eigenvalue weighted by molar-refractivity contribution is 6.07. The third kappa shape index (κ3) is 8.25. The molecule has 3 N–H and O–H groups in total. The van der Waals surface area contributed by atoms with Crippen LogP contribution in [0.1, 0.15) is 42.6 Å². The average molecular weight is 612 g/mol. The lowest BCUT2D eigenvalue weighted by Gasteiger charge is -2.26. The van der Waals surface area contributed by atoms with Gasteiger partial charge >= 0.3 is 0 Å². The molecule has 234 valence electrons. The van der Waals surface area contributed by atoms with E-state index in [1.807, 2.05) is 36.4 Å². The Morgan fingerprint density at radius 1 is 0.867 bits per heavy atom. The van der Waals surface area contributed by atoms with Crippen molar-refractivity contribution in [3.05, 3.63) is 95.3 Å². The molecule has 12 nitrogen and oxygen atoms in total. The van der Waals surface area contributed by atoms with E-state index in [0.717, 1.165) is 30.9 Å². The van der Waals surface area contributed by atoms with Gasteiger partial charge in [-0.15, -0.1) is 0 Å². The summed E-state index contributed by atoms with van der Waals surface area (Å²) in [6.07, 6.45) is 8.64. The lowest BCUT2D eigenvalue weighted by atomic mass is 10.1. The van der Waals surface area contributed by atoms with E-state index in [2.05, 4.69) is 25.8 Å². The summed E-state index contributed by atoms with van der Waals surface area (Å²) >= 11 is 0. The van der Waals surface area contributed by atoms with Crippen LogP contribution in [0.15, 0.2) is 67.1 Å². The minimum atomic E-state index is -0.377. The molecule has 0 radical (unpaired) electrons. The molecular weight excluding hydrogens is 574 g/mol. The van der Waals surface area contributed by atoms with Gasteiger partial charge in [-0.2, -0.15) is 0 Å². The quantitative estimate of drug-likeness (QED) is 0.237. The Bertz CT molecular complexity index is 1670. The van der Waals surface area contributed by atoms with Gasteiger partial charge in [0.2, 0.25) is 0 Å². The van der Waals surface area contributed by atoms with E-state index in [4.69, 9.17) is 9.47 Å². The molecule has 5 rings (SSSR count). The van der Waals surface area contributed by atoms with E-state index in [1.165, 1.54) is 6.20 Å². The number of hydrogen-bond donors (Lipinski definition) is 3. The molecule has 4 heterocycles. The van der Waals surface area contributed by atoms with Crippen molar-refractivity contribution in [2.75, 3.05) is 57.1 Å². The van der Waals surface area contributed by atoms with Crippen molar-refractivity contribution in [2.45, 2.75) is 0 Å². The highest BCUT2D eigenvalue weighted by Crippen LogP contribution is 2.19. The summed E-state index contributed by atoms with van der Waals surface area (Å²) in [7, 11) is 5.09. The third-order valence-corrected chi connectivity index (χ3v) is 7.42. The topological polar surface area (TPSA) is 132 Å². The highest BCUT2D eigenvalue weighted by atomic mass is 16.5. The molecule has 0 unspecified atom stereocenters. The van der Waals surface area contributed by atoms with Gasteiger partial charge in [0, 0.05) is 58.9 Å². The van der Waals surface area contributed by atoms with E-state index < -0.39 is 0 Å². The van der Waals surface area contributed by atoms with Gasteiger partial charge in [-0.25, -0.2) is 0 Å². The fraction of sp³-hybridized carbons (Fsp3) is 0.273. The van der Waals surface area contributed by atoms with Gasteiger partial charge in [-0.3, -0.25) is 24.3 Å². The van der Waals surface area contributed by atoms with Gasteiger partial charge in [0.25, 0.3) is 17.7 Å². The summed E-state index contributed by atoms with van der Waals surface area (Å²) in [6, 6.07) is 14.3. The van der Waals surface area contributed by atoms with Crippen molar-refractivity contribution in [1.82, 2.24) is 24.3 Å². The van der Waals surface area contributed by atoms with Gasteiger partial charge in [0.05, 0.1) is 43.0 Å². The summed E-state index contributed by atoms with van der Waals surface area (Å²) in [4.78, 5) is 45.3. The standard InChI is InChI=1S/C33H37N7O5/c1-38-22-27(18-29(38)32(42)34-12-13-40-14-16-45-17-15-40)37-33(43)30-19-26(21-39(30)2)36-31(41)24-7-9-25(35-20-24)8-4-23-5-10-28(44-3)11-6-23/h4-11,18-22H,12-17H2,1-3H3,(H,34,42)(H,36,41)(H,37,43)/b8-4+.